The second-order valence-electron chi connectivity index (χ2n) is 2.31. The van der Waals surface area contributed by atoms with Crippen LogP contribution in [0.25, 0.3) is 0 Å². The van der Waals surface area contributed by atoms with Gasteiger partial charge in [-0.1, -0.05) is 5.92 Å². The molecule has 0 aromatic heterocycles. The molecule has 0 bridgehead atoms. The smallest absolute Gasteiger partial charge is 0.315 e. The maximum Gasteiger partial charge on any atom is 0.315 e. The Morgan fingerprint density at radius 1 is 1.70 bits per heavy atom. The number of hydrogen-bond acceptors (Lipinski definition) is 1. The molecule has 2 N–H and O–H groups in total. The van der Waals surface area contributed by atoms with Crippen LogP contribution < -0.4 is 10.6 Å². The monoisotopic (exact) mass is 138 g/mol. The van der Waals surface area contributed by atoms with E-state index in [9.17, 15) is 4.79 Å². The van der Waals surface area contributed by atoms with Crippen molar-refractivity contribution in [2.24, 2.45) is 0 Å². The highest BCUT2D eigenvalue weighted by Gasteiger charge is 2.22. The van der Waals surface area contributed by atoms with Gasteiger partial charge in [-0.2, -0.15) is 0 Å². The summed E-state index contributed by atoms with van der Waals surface area (Å²) in [7, 11) is 0. The van der Waals surface area contributed by atoms with Crippen LogP contribution in [0.2, 0.25) is 0 Å². The predicted octanol–water partition coefficient (Wildman–Crippen LogP) is 0.0812. The molecule has 1 rings (SSSR count). The molecule has 1 aliphatic rings. The lowest BCUT2D eigenvalue weighted by atomic mass is 10.6. The van der Waals surface area contributed by atoms with E-state index in [1.807, 2.05) is 0 Å². The second-order valence-corrected chi connectivity index (χ2v) is 2.31. The summed E-state index contributed by atoms with van der Waals surface area (Å²) >= 11 is 0. The van der Waals surface area contributed by atoms with Gasteiger partial charge in [0.25, 0.3) is 0 Å². The van der Waals surface area contributed by atoms with E-state index in [0.717, 1.165) is 12.8 Å². The molecule has 3 heteroatoms. The number of carbonyl (C=O) groups excluding carboxylic acids is 1. The molecule has 0 heterocycles. The number of nitrogens with one attached hydrogen (secondary N) is 2. The Kier molecular flexibility index (Phi) is 2.16. The Morgan fingerprint density at radius 2 is 2.40 bits per heavy atom. The highest BCUT2D eigenvalue weighted by atomic mass is 16.2. The van der Waals surface area contributed by atoms with Crippen LogP contribution in [-0.4, -0.2) is 18.6 Å². The topological polar surface area (TPSA) is 41.1 Å². The van der Waals surface area contributed by atoms with Gasteiger partial charge >= 0.3 is 6.03 Å². The van der Waals surface area contributed by atoms with Crippen molar-refractivity contribution in [1.82, 2.24) is 10.6 Å². The summed E-state index contributed by atoms with van der Waals surface area (Å²) in [6, 6.07) is 0.248. The van der Waals surface area contributed by atoms with E-state index in [2.05, 4.69) is 16.6 Å². The Bertz CT molecular complexity index is 167. The molecule has 10 heavy (non-hydrogen) atoms. The lowest BCUT2D eigenvalue weighted by molar-refractivity contribution is 0.241. The molecule has 1 aliphatic carbocycles. The minimum atomic E-state index is -0.152. The Labute approximate surface area is 60.2 Å². The summed E-state index contributed by atoms with van der Waals surface area (Å²) in [4.78, 5) is 10.7. The van der Waals surface area contributed by atoms with Crippen LogP contribution in [0.5, 0.6) is 0 Å². The molecule has 3 nitrogen and oxygen atoms in total. The third-order valence-electron chi connectivity index (χ3n) is 1.26. The van der Waals surface area contributed by atoms with Crippen LogP contribution in [0.4, 0.5) is 4.79 Å². The van der Waals surface area contributed by atoms with Crippen LogP contribution in [0.3, 0.4) is 0 Å². The summed E-state index contributed by atoms with van der Waals surface area (Å²) in [5, 5.41) is 5.26. The van der Waals surface area contributed by atoms with Crippen LogP contribution in [-0.2, 0) is 0 Å². The van der Waals surface area contributed by atoms with Gasteiger partial charge in [-0.05, 0) is 12.8 Å². The molecule has 2 amide bonds. The molecule has 1 fully saturated rings. The highest BCUT2D eigenvalue weighted by molar-refractivity contribution is 5.74. The predicted molar refractivity (Wildman–Crippen MR) is 38.4 cm³/mol. The molecular formula is C7H10N2O. The van der Waals surface area contributed by atoms with Crippen molar-refractivity contribution in [2.75, 3.05) is 6.54 Å². The number of rotatable bonds is 2. The molecular weight excluding hydrogens is 128 g/mol. The molecule has 0 aromatic rings. The molecule has 0 aromatic carbocycles. The van der Waals surface area contributed by atoms with Crippen LogP contribution in [0.1, 0.15) is 12.8 Å². The molecule has 0 saturated heterocycles. The normalized spacial score (nSPS) is 15.5. The summed E-state index contributed by atoms with van der Waals surface area (Å²) in [5.74, 6) is 2.32. The van der Waals surface area contributed by atoms with Gasteiger partial charge in [0.15, 0.2) is 0 Å². The Morgan fingerprint density at radius 3 is 2.90 bits per heavy atom. The first-order valence-electron chi connectivity index (χ1n) is 3.31. The van der Waals surface area contributed by atoms with Crippen LogP contribution in [0.15, 0.2) is 0 Å². The summed E-state index contributed by atoms with van der Waals surface area (Å²) in [6.45, 7) is 0.304. The van der Waals surface area contributed by atoms with E-state index in [1.165, 1.54) is 0 Å². The fraction of sp³-hybridized carbons (Fsp3) is 0.571. The van der Waals surface area contributed by atoms with Crippen molar-refractivity contribution in [3.8, 4) is 12.3 Å². The molecule has 0 unspecified atom stereocenters. The van der Waals surface area contributed by atoms with Crippen molar-refractivity contribution in [3.63, 3.8) is 0 Å². The first kappa shape index (κ1) is 6.94. The Balaban J connectivity index is 2.03. The third kappa shape index (κ3) is 2.40. The zero-order valence-corrected chi connectivity index (χ0v) is 5.68. The summed E-state index contributed by atoms with van der Waals surface area (Å²) in [6.07, 6.45) is 7.13. The maximum atomic E-state index is 10.7. The van der Waals surface area contributed by atoms with Crippen molar-refractivity contribution >= 4 is 6.03 Å². The fourth-order valence-corrected chi connectivity index (χ4v) is 0.595. The largest absolute Gasteiger partial charge is 0.335 e. The second kappa shape index (κ2) is 3.11. The minimum Gasteiger partial charge on any atom is -0.335 e. The zero-order chi connectivity index (χ0) is 7.40. The Hall–Kier alpha value is -1.17. The minimum absolute atomic E-state index is 0.152. The average Bonchev–Trinajstić information content (AvgIpc) is 2.67. The molecule has 1 saturated carbocycles. The average molecular weight is 138 g/mol. The first-order chi connectivity index (χ1) is 4.83. The van der Waals surface area contributed by atoms with Gasteiger partial charge in [-0.3, -0.25) is 0 Å². The van der Waals surface area contributed by atoms with Crippen molar-refractivity contribution < 1.29 is 4.79 Å². The number of urea groups is 1. The number of amides is 2. The van der Waals surface area contributed by atoms with Gasteiger partial charge < -0.3 is 10.6 Å². The van der Waals surface area contributed by atoms with Crippen LogP contribution >= 0.6 is 0 Å². The zero-order valence-electron chi connectivity index (χ0n) is 5.68. The van der Waals surface area contributed by atoms with Gasteiger partial charge in [-0.15, -0.1) is 6.42 Å². The number of terminal acetylenes is 1. The highest BCUT2D eigenvalue weighted by Crippen LogP contribution is 2.17. The van der Waals surface area contributed by atoms with Crippen molar-refractivity contribution in [1.29, 1.82) is 0 Å². The number of hydrogen-bond donors (Lipinski definition) is 2. The van der Waals surface area contributed by atoms with Crippen LogP contribution in [0, 0.1) is 12.3 Å². The van der Waals surface area contributed by atoms with E-state index in [-0.39, 0.29) is 6.03 Å². The van der Waals surface area contributed by atoms with E-state index in [4.69, 9.17) is 6.42 Å². The summed E-state index contributed by atoms with van der Waals surface area (Å²) < 4.78 is 0. The molecule has 0 aliphatic heterocycles. The van der Waals surface area contributed by atoms with E-state index < -0.39 is 0 Å². The van der Waals surface area contributed by atoms with Gasteiger partial charge in [0.1, 0.15) is 0 Å². The summed E-state index contributed by atoms with van der Waals surface area (Å²) in [5.41, 5.74) is 0. The first-order valence-corrected chi connectivity index (χ1v) is 3.31. The molecule has 0 atom stereocenters. The number of carbonyl (C=O) groups is 1. The van der Waals surface area contributed by atoms with Crippen molar-refractivity contribution in [2.45, 2.75) is 18.9 Å². The van der Waals surface area contributed by atoms with Gasteiger partial charge in [0, 0.05) is 6.04 Å². The maximum absolute atomic E-state index is 10.7. The van der Waals surface area contributed by atoms with Gasteiger partial charge in [0.05, 0.1) is 6.54 Å². The lowest BCUT2D eigenvalue weighted by Crippen LogP contribution is -2.36. The quantitative estimate of drug-likeness (QED) is 0.521. The fourth-order valence-electron chi connectivity index (χ4n) is 0.595. The molecule has 0 spiro atoms. The van der Waals surface area contributed by atoms with E-state index in [1.54, 1.807) is 0 Å². The molecule has 54 valence electrons. The third-order valence-corrected chi connectivity index (χ3v) is 1.26. The van der Waals surface area contributed by atoms with Gasteiger partial charge in [-0.25, -0.2) is 4.79 Å². The van der Waals surface area contributed by atoms with Crippen molar-refractivity contribution in [3.05, 3.63) is 0 Å². The standard InChI is InChI=1S/C7H10N2O/c1-2-5-8-7(10)9-6-3-4-6/h1,6H,3-5H2,(H2,8,9,10). The van der Waals surface area contributed by atoms with E-state index in [0.29, 0.717) is 12.6 Å². The van der Waals surface area contributed by atoms with E-state index >= 15 is 0 Å². The van der Waals surface area contributed by atoms with Gasteiger partial charge in [0.2, 0.25) is 0 Å². The SMILES string of the molecule is C#CCNC(=O)NC1CC1. The lowest BCUT2D eigenvalue weighted by Gasteiger charge is -2.01. The molecule has 0 radical (unpaired) electrons.